The second-order valence-corrected chi connectivity index (χ2v) is 5.99. The first-order chi connectivity index (χ1) is 12.6. The summed E-state index contributed by atoms with van der Waals surface area (Å²) in [7, 11) is 0. The van der Waals surface area contributed by atoms with Gasteiger partial charge in [-0.3, -0.25) is 4.98 Å². The smallest absolute Gasteiger partial charge is 0.354 e. The average Bonchev–Trinajstić information content (AvgIpc) is 2.99. The molecule has 0 aliphatic carbocycles. The number of aromatic carboxylic acids is 1. The Hall–Kier alpha value is -3.54. The van der Waals surface area contributed by atoms with Gasteiger partial charge in [0.1, 0.15) is 5.69 Å². The highest BCUT2D eigenvalue weighted by atomic mass is 16.4. The zero-order valence-corrected chi connectivity index (χ0v) is 14.1. The lowest BCUT2D eigenvalue weighted by molar-refractivity contribution is 0.0685. The van der Waals surface area contributed by atoms with Crippen molar-refractivity contribution in [3.63, 3.8) is 0 Å². The summed E-state index contributed by atoms with van der Waals surface area (Å²) < 4.78 is 1.70. The minimum atomic E-state index is -1.01. The quantitative estimate of drug-likeness (QED) is 0.612. The molecule has 0 saturated carbocycles. The minimum Gasteiger partial charge on any atom is -0.477 e. The zero-order chi connectivity index (χ0) is 18.1. The molecule has 128 valence electrons. The molecule has 4 rings (SSSR count). The third-order valence-corrected chi connectivity index (χ3v) is 4.35. The number of nitrogens with zero attached hydrogens (tertiary/aromatic N) is 4. The van der Waals surface area contributed by atoms with Crippen LogP contribution in [0.3, 0.4) is 0 Å². The van der Waals surface area contributed by atoms with Crippen molar-refractivity contribution in [3.8, 4) is 11.5 Å². The van der Waals surface area contributed by atoms with Crippen LogP contribution in [0.5, 0.6) is 0 Å². The molecule has 0 bridgehead atoms. The van der Waals surface area contributed by atoms with E-state index < -0.39 is 5.97 Å². The SMILES string of the molecule is Cc1nc(-c2cnccn2)n(Cc2cccc3ccccc23)c1C(=O)O. The van der Waals surface area contributed by atoms with Crippen LogP contribution < -0.4 is 0 Å². The third kappa shape index (κ3) is 2.71. The monoisotopic (exact) mass is 344 g/mol. The van der Waals surface area contributed by atoms with E-state index in [1.165, 1.54) is 0 Å². The van der Waals surface area contributed by atoms with Crippen molar-refractivity contribution in [1.29, 1.82) is 0 Å². The van der Waals surface area contributed by atoms with E-state index in [2.05, 4.69) is 15.0 Å². The maximum Gasteiger partial charge on any atom is 0.354 e. The Morgan fingerprint density at radius 3 is 2.69 bits per heavy atom. The van der Waals surface area contributed by atoms with E-state index in [1.807, 2.05) is 42.5 Å². The summed E-state index contributed by atoms with van der Waals surface area (Å²) in [5.74, 6) is -0.508. The van der Waals surface area contributed by atoms with E-state index in [-0.39, 0.29) is 5.69 Å². The number of rotatable bonds is 4. The molecule has 0 amide bonds. The Bertz CT molecular complexity index is 1100. The van der Waals surface area contributed by atoms with Crippen molar-refractivity contribution in [1.82, 2.24) is 19.5 Å². The first kappa shape index (κ1) is 16.0. The first-order valence-electron chi connectivity index (χ1n) is 8.18. The highest BCUT2D eigenvalue weighted by Gasteiger charge is 2.22. The van der Waals surface area contributed by atoms with Gasteiger partial charge in [-0.2, -0.15) is 0 Å². The Kier molecular flexibility index (Phi) is 3.93. The Morgan fingerprint density at radius 1 is 1.12 bits per heavy atom. The van der Waals surface area contributed by atoms with Crippen LogP contribution in [0.25, 0.3) is 22.3 Å². The summed E-state index contributed by atoms with van der Waals surface area (Å²) >= 11 is 0. The van der Waals surface area contributed by atoms with Crippen molar-refractivity contribution in [2.45, 2.75) is 13.5 Å². The molecule has 0 aliphatic rings. The maximum atomic E-state index is 11.8. The number of imidazole rings is 1. The number of carboxylic acids is 1. The standard InChI is InChI=1S/C20H16N4O2/c1-13-18(20(25)26)24(19(23-13)17-11-21-9-10-22-17)12-15-7-4-6-14-5-2-3-8-16(14)15/h2-11H,12H2,1H3,(H,25,26). The van der Waals surface area contributed by atoms with Crippen LogP contribution in [0.1, 0.15) is 21.7 Å². The molecule has 0 atom stereocenters. The number of benzene rings is 2. The van der Waals surface area contributed by atoms with E-state index in [0.717, 1.165) is 16.3 Å². The summed E-state index contributed by atoms with van der Waals surface area (Å²) in [6.07, 6.45) is 4.74. The van der Waals surface area contributed by atoms with Crippen LogP contribution in [0.15, 0.2) is 61.1 Å². The molecule has 0 aliphatic heterocycles. The van der Waals surface area contributed by atoms with Crippen molar-refractivity contribution < 1.29 is 9.90 Å². The van der Waals surface area contributed by atoms with Crippen LogP contribution in [-0.4, -0.2) is 30.6 Å². The lowest BCUT2D eigenvalue weighted by Crippen LogP contribution is -2.12. The van der Waals surface area contributed by atoms with Crippen LogP contribution >= 0.6 is 0 Å². The predicted molar refractivity (Wildman–Crippen MR) is 98.0 cm³/mol. The van der Waals surface area contributed by atoms with E-state index in [9.17, 15) is 9.90 Å². The molecule has 2 heterocycles. The molecule has 6 nitrogen and oxygen atoms in total. The molecule has 1 N–H and O–H groups in total. The molecule has 2 aromatic heterocycles. The van der Waals surface area contributed by atoms with Crippen molar-refractivity contribution in [2.75, 3.05) is 0 Å². The van der Waals surface area contributed by atoms with Gasteiger partial charge in [-0.25, -0.2) is 14.8 Å². The van der Waals surface area contributed by atoms with Gasteiger partial charge in [-0.1, -0.05) is 42.5 Å². The number of aromatic nitrogens is 4. The van der Waals surface area contributed by atoms with Crippen molar-refractivity contribution in [3.05, 3.63) is 78.0 Å². The number of carboxylic acid groups (broad SMARTS) is 1. The maximum absolute atomic E-state index is 11.8. The van der Waals surface area contributed by atoms with Gasteiger partial charge >= 0.3 is 5.97 Å². The first-order valence-corrected chi connectivity index (χ1v) is 8.18. The fourth-order valence-electron chi connectivity index (χ4n) is 3.21. The second-order valence-electron chi connectivity index (χ2n) is 5.99. The normalized spacial score (nSPS) is 11.0. The second kappa shape index (κ2) is 6.40. The fourth-order valence-corrected chi connectivity index (χ4v) is 3.21. The molecule has 4 aromatic rings. The zero-order valence-electron chi connectivity index (χ0n) is 14.1. The van der Waals surface area contributed by atoms with E-state index in [0.29, 0.717) is 23.8 Å². The van der Waals surface area contributed by atoms with Crippen LogP contribution in [0.4, 0.5) is 0 Å². The van der Waals surface area contributed by atoms with Gasteiger partial charge in [0.25, 0.3) is 0 Å². The largest absolute Gasteiger partial charge is 0.477 e. The summed E-state index contributed by atoms with van der Waals surface area (Å²) in [5.41, 5.74) is 2.19. The Balaban J connectivity index is 1.91. The molecule has 0 spiro atoms. The number of aryl methyl sites for hydroxylation is 1. The minimum absolute atomic E-state index is 0.165. The molecule has 26 heavy (non-hydrogen) atoms. The van der Waals surface area contributed by atoms with Gasteiger partial charge in [-0.15, -0.1) is 0 Å². The highest BCUT2D eigenvalue weighted by Crippen LogP contribution is 2.25. The van der Waals surface area contributed by atoms with E-state index in [1.54, 1.807) is 30.1 Å². The van der Waals surface area contributed by atoms with Gasteiger partial charge in [-0.05, 0) is 23.3 Å². The van der Waals surface area contributed by atoms with Crippen molar-refractivity contribution >= 4 is 16.7 Å². The van der Waals surface area contributed by atoms with Crippen LogP contribution in [0.2, 0.25) is 0 Å². The molecular formula is C20H16N4O2. The molecule has 0 radical (unpaired) electrons. The summed E-state index contributed by atoms with van der Waals surface area (Å²) in [4.78, 5) is 24.7. The molecule has 2 aromatic carbocycles. The number of fused-ring (bicyclic) bond motifs is 1. The number of hydrogen-bond acceptors (Lipinski definition) is 4. The lowest BCUT2D eigenvalue weighted by Gasteiger charge is -2.12. The molecular weight excluding hydrogens is 328 g/mol. The number of carbonyl (C=O) groups is 1. The van der Waals surface area contributed by atoms with Gasteiger partial charge < -0.3 is 9.67 Å². The summed E-state index contributed by atoms with van der Waals surface area (Å²) in [5, 5.41) is 11.9. The van der Waals surface area contributed by atoms with Gasteiger partial charge in [0, 0.05) is 12.4 Å². The predicted octanol–water partition coefficient (Wildman–Crippen LogP) is 3.55. The van der Waals surface area contributed by atoms with Gasteiger partial charge in [0.05, 0.1) is 18.4 Å². The third-order valence-electron chi connectivity index (χ3n) is 4.35. The fraction of sp³-hybridized carbons (Fsp3) is 0.100. The molecule has 0 fully saturated rings. The molecule has 0 unspecified atom stereocenters. The summed E-state index contributed by atoms with van der Waals surface area (Å²) in [6, 6.07) is 14.1. The number of hydrogen-bond donors (Lipinski definition) is 1. The lowest BCUT2D eigenvalue weighted by atomic mass is 10.0. The van der Waals surface area contributed by atoms with Gasteiger partial charge in [0.2, 0.25) is 0 Å². The molecule has 6 heteroatoms. The Morgan fingerprint density at radius 2 is 1.92 bits per heavy atom. The summed E-state index contributed by atoms with van der Waals surface area (Å²) in [6.45, 7) is 2.08. The molecule has 0 saturated heterocycles. The average molecular weight is 344 g/mol. The van der Waals surface area contributed by atoms with Gasteiger partial charge in [0.15, 0.2) is 11.5 Å². The Labute approximate surface area is 149 Å². The van der Waals surface area contributed by atoms with Crippen LogP contribution in [-0.2, 0) is 6.54 Å². The van der Waals surface area contributed by atoms with Crippen molar-refractivity contribution in [2.24, 2.45) is 0 Å². The van der Waals surface area contributed by atoms with Crippen LogP contribution in [0, 0.1) is 6.92 Å². The van der Waals surface area contributed by atoms with E-state index >= 15 is 0 Å². The van der Waals surface area contributed by atoms with E-state index in [4.69, 9.17) is 0 Å². The topological polar surface area (TPSA) is 80.9 Å². The highest BCUT2D eigenvalue weighted by molar-refractivity contribution is 5.89.